The molecule has 4 heteroatoms. The van der Waals surface area contributed by atoms with Crippen LogP contribution in [0.2, 0.25) is 0 Å². The number of amides is 1. The van der Waals surface area contributed by atoms with Crippen LogP contribution < -0.4 is 5.32 Å². The molecule has 0 radical (unpaired) electrons. The maximum Gasteiger partial charge on any atom is 0.274 e. The zero-order valence-electron chi connectivity index (χ0n) is 5.70. The highest BCUT2D eigenvalue weighted by atomic mass is 32.1. The molecule has 1 saturated heterocycles. The summed E-state index contributed by atoms with van der Waals surface area (Å²) in [5, 5.41) is 3.07. The molecule has 11 heavy (non-hydrogen) atoms. The van der Waals surface area contributed by atoms with Gasteiger partial charge in [0.2, 0.25) is 0 Å². The van der Waals surface area contributed by atoms with Crippen molar-refractivity contribution in [2.45, 2.75) is 0 Å². The summed E-state index contributed by atoms with van der Waals surface area (Å²) in [5.74, 6) is -0.0978. The Labute approximate surface area is 69.4 Å². The molecule has 1 fully saturated rings. The Hall–Kier alpha value is -1.16. The van der Waals surface area contributed by atoms with Crippen LogP contribution in [0.25, 0.3) is 0 Å². The lowest BCUT2D eigenvalue weighted by Gasteiger charge is -2.16. The van der Waals surface area contributed by atoms with E-state index in [0.717, 1.165) is 0 Å². The summed E-state index contributed by atoms with van der Waals surface area (Å²) in [6.07, 6.45) is 5.58. The Morgan fingerprint density at radius 2 is 2.45 bits per heavy atom. The third-order valence-electron chi connectivity index (χ3n) is 1.67. The van der Waals surface area contributed by atoms with Crippen molar-refractivity contribution in [3.05, 3.63) is 23.9 Å². The third kappa shape index (κ3) is 0.867. The smallest absolute Gasteiger partial charge is 0.274 e. The molecule has 0 aliphatic carbocycles. The van der Waals surface area contributed by atoms with Crippen LogP contribution in [-0.4, -0.2) is 22.5 Å². The van der Waals surface area contributed by atoms with Crippen LogP contribution in [0.4, 0.5) is 0 Å². The number of hydrogen-bond acceptors (Lipinski definition) is 2. The molecule has 0 bridgehead atoms. The maximum absolute atomic E-state index is 11.1. The van der Waals surface area contributed by atoms with E-state index in [2.05, 4.69) is 5.32 Å². The molecule has 1 N–H and O–H groups in total. The second-order valence-corrected chi connectivity index (χ2v) is 2.74. The second-order valence-electron chi connectivity index (χ2n) is 2.35. The molecule has 0 aromatic rings. The molecule has 2 heterocycles. The number of allylic oxidation sites excluding steroid dienone is 2. The lowest BCUT2D eigenvalue weighted by atomic mass is 10.3. The summed E-state index contributed by atoms with van der Waals surface area (Å²) >= 11 is 4.91. The fraction of sp³-hybridized carbons (Fsp3) is 0.143. The number of nitrogens with zero attached hydrogens (tertiary/aromatic N) is 1. The van der Waals surface area contributed by atoms with Gasteiger partial charge >= 0.3 is 0 Å². The number of fused-ring (bicyclic) bond motifs is 1. The van der Waals surface area contributed by atoms with E-state index in [-0.39, 0.29) is 5.91 Å². The number of carbonyl (C=O) groups excluding carboxylic acids is 1. The van der Waals surface area contributed by atoms with Gasteiger partial charge in [0.15, 0.2) is 5.11 Å². The first-order chi connectivity index (χ1) is 5.29. The van der Waals surface area contributed by atoms with Gasteiger partial charge in [-0.05, 0) is 18.3 Å². The van der Waals surface area contributed by atoms with Crippen LogP contribution in [0, 0.1) is 0 Å². The SMILES string of the molecule is O=C1NC(=S)N2CC=CC=C12. The number of nitrogens with one attached hydrogen (secondary N) is 1. The Balaban J connectivity index is 2.42. The maximum atomic E-state index is 11.1. The first-order valence-electron chi connectivity index (χ1n) is 3.29. The van der Waals surface area contributed by atoms with Crippen LogP contribution in [0.1, 0.15) is 0 Å². The predicted octanol–water partition coefficient (Wildman–Crippen LogP) is 0.157. The highest BCUT2D eigenvalue weighted by molar-refractivity contribution is 7.80. The standard InChI is InChI=1S/C7H6N2OS/c10-6-5-3-1-2-4-9(5)7(11)8-6/h1-3H,4H2,(H,8,10,11). The first kappa shape index (κ1) is 6.54. The molecule has 0 aromatic carbocycles. The Morgan fingerprint density at radius 1 is 1.64 bits per heavy atom. The average molecular weight is 166 g/mol. The van der Waals surface area contributed by atoms with Gasteiger partial charge in [0, 0.05) is 6.54 Å². The summed E-state index contributed by atoms with van der Waals surface area (Å²) in [4.78, 5) is 12.9. The Morgan fingerprint density at radius 3 is 3.18 bits per heavy atom. The van der Waals surface area contributed by atoms with Crippen molar-refractivity contribution in [3.63, 3.8) is 0 Å². The van der Waals surface area contributed by atoms with Gasteiger partial charge < -0.3 is 4.90 Å². The van der Waals surface area contributed by atoms with Gasteiger partial charge in [0.25, 0.3) is 5.91 Å². The van der Waals surface area contributed by atoms with Gasteiger partial charge in [0.1, 0.15) is 5.70 Å². The molecular formula is C7H6N2OS. The van der Waals surface area contributed by atoms with Crippen molar-refractivity contribution >= 4 is 23.2 Å². The molecule has 2 rings (SSSR count). The Kier molecular flexibility index (Phi) is 1.29. The van der Waals surface area contributed by atoms with E-state index >= 15 is 0 Å². The molecule has 2 aliphatic rings. The van der Waals surface area contributed by atoms with Crippen LogP contribution in [0.15, 0.2) is 23.9 Å². The average Bonchev–Trinajstić information content (AvgIpc) is 2.30. The number of rotatable bonds is 0. The fourth-order valence-corrected chi connectivity index (χ4v) is 1.40. The van der Waals surface area contributed by atoms with E-state index < -0.39 is 0 Å². The molecular weight excluding hydrogens is 160 g/mol. The van der Waals surface area contributed by atoms with Crippen LogP contribution in [0.5, 0.6) is 0 Å². The van der Waals surface area contributed by atoms with E-state index in [1.54, 1.807) is 11.0 Å². The van der Waals surface area contributed by atoms with Gasteiger partial charge in [-0.2, -0.15) is 0 Å². The van der Waals surface area contributed by atoms with Crippen LogP contribution in [-0.2, 0) is 4.79 Å². The molecule has 1 amide bonds. The van der Waals surface area contributed by atoms with Crippen molar-refractivity contribution in [1.82, 2.24) is 10.2 Å². The summed E-state index contributed by atoms with van der Waals surface area (Å²) in [5.41, 5.74) is 0.650. The number of hydrogen-bond donors (Lipinski definition) is 1. The van der Waals surface area contributed by atoms with Crippen molar-refractivity contribution < 1.29 is 4.79 Å². The zero-order valence-corrected chi connectivity index (χ0v) is 6.52. The molecule has 0 atom stereocenters. The van der Waals surface area contributed by atoms with Crippen LogP contribution >= 0.6 is 12.2 Å². The molecule has 0 unspecified atom stereocenters. The third-order valence-corrected chi connectivity index (χ3v) is 1.99. The van der Waals surface area contributed by atoms with E-state index in [1.165, 1.54) is 0 Å². The van der Waals surface area contributed by atoms with Gasteiger partial charge in [-0.3, -0.25) is 10.1 Å². The summed E-state index contributed by atoms with van der Waals surface area (Å²) < 4.78 is 0. The normalized spacial score (nSPS) is 21.5. The molecule has 56 valence electrons. The topological polar surface area (TPSA) is 32.3 Å². The minimum Gasteiger partial charge on any atom is -0.310 e. The lowest BCUT2D eigenvalue weighted by Crippen LogP contribution is -2.28. The fourth-order valence-electron chi connectivity index (χ4n) is 1.13. The van der Waals surface area contributed by atoms with Crippen LogP contribution in [0.3, 0.4) is 0 Å². The quantitative estimate of drug-likeness (QED) is 0.520. The van der Waals surface area contributed by atoms with Gasteiger partial charge in [0.05, 0.1) is 0 Å². The van der Waals surface area contributed by atoms with E-state index in [4.69, 9.17) is 12.2 Å². The van der Waals surface area contributed by atoms with E-state index in [0.29, 0.717) is 17.4 Å². The monoisotopic (exact) mass is 166 g/mol. The number of thiocarbonyl (C=S) groups is 1. The molecule has 0 saturated carbocycles. The Bertz CT molecular complexity index is 293. The second kappa shape index (κ2) is 2.17. The minimum absolute atomic E-state index is 0.0978. The van der Waals surface area contributed by atoms with Gasteiger partial charge in [-0.15, -0.1) is 0 Å². The van der Waals surface area contributed by atoms with Gasteiger partial charge in [-0.25, -0.2) is 0 Å². The summed E-state index contributed by atoms with van der Waals surface area (Å²) in [7, 11) is 0. The molecule has 0 spiro atoms. The predicted molar refractivity (Wildman–Crippen MR) is 44.7 cm³/mol. The molecule has 2 aliphatic heterocycles. The lowest BCUT2D eigenvalue weighted by molar-refractivity contribution is -0.116. The highest BCUT2D eigenvalue weighted by Crippen LogP contribution is 2.15. The molecule has 3 nitrogen and oxygen atoms in total. The van der Waals surface area contributed by atoms with Crippen molar-refractivity contribution in [3.8, 4) is 0 Å². The molecule has 0 aromatic heterocycles. The minimum atomic E-state index is -0.0978. The van der Waals surface area contributed by atoms with E-state index in [1.807, 2.05) is 12.2 Å². The van der Waals surface area contributed by atoms with Crippen molar-refractivity contribution in [2.75, 3.05) is 6.54 Å². The van der Waals surface area contributed by atoms with Crippen molar-refractivity contribution in [1.29, 1.82) is 0 Å². The van der Waals surface area contributed by atoms with Crippen molar-refractivity contribution in [2.24, 2.45) is 0 Å². The summed E-state index contributed by atoms with van der Waals surface area (Å²) in [6.45, 7) is 0.698. The zero-order chi connectivity index (χ0) is 7.84. The summed E-state index contributed by atoms with van der Waals surface area (Å²) in [6, 6.07) is 0. The largest absolute Gasteiger partial charge is 0.310 e. The first-order valence-corrected chi connectivity index (χ1v) is 3.69. The number of carbonyl (C=O) groups is 1. The van der Waals surface area contributed by atoms with Gasteiger partial charge in [-0.1, -0.05) is 12.2 Å². The van der Waals surface area contributed by atoms with E-state index in [9.17, 15) is 4.79 Å². The highest BCUT2D eigenvalue weighted by Gasteiger charge is 2.29.